The van der Waals surface area contributed by atoms with Gasteiger partial charge in [-0.2, -0.15) is 10.1 Å². The molecule has 2 N–H and O–H groups in total. The number of pyridine rings is 1. The Labute approximate surface area is 117 Å². The molecule has 0 aliphatic heterocycles. The van der Waals surface area contributed by atoms with Crippen molar-refractivity contribution in [3.8, 4) is 0 Å². The molecule has 0 bridgehead atoms. The normalized spacial score (nSPS) is 11.1. The Bertz CT molecular complexity index is 711. The van der Waals surface area contributed by atoms with Crippen LogP contribution in [0.1, 0.15) is 23.2 Å². The highest BCUT2D eigenvalue weighted by atomic mass is 15.3. The van der Waals surface area contributed by atoms with E-state index in [0.29, 0.717) is 5.95 Å². The Morgan fingerprint density at radius 1 is 1.30 bits per heavy atom. The van der Waals surface area contributed by atoms with Crippen molar-refractivity contribution in [2.24, 2.45) is 0 Å². The summed E-state index contributed by atoms with van der Waals surface area (Å²) in [6, 6.07) is 4.01. The lowest BCUT2D eigenvalue weighted by Crippen LogP contribution is -2.04. The zero-order valence-electron chi connectivity index (χ0n) is 11.7. The molecular weight excluding hydrogens is 252 g/mol. The number of H-pyrrole nitrogens is 1. The van der Waals surface area contributed by atoms with E-state index in [0.717, 1.165) is 30.7 Å². The van der Waals surface area contributed by atoms with Crippen molar-refractivity contribution < 1.29 is 0 Å². The molecular formula is C14H18N6. The van der Waals surface area contributed by atoms with Crippen molar-refractivity contribution in [1.82, 2.24) is 24.8 Å². The summed E-state index contributed by atoms with van der Waals surface area (Å²) in [5.41, 5.74) is 4.45. The van der Waals surface area contributed by atoms with Crippen molar-refractivity contribution in [2.75, 3.05) is 11.9 Å². The van der Waals surface area contributed by atoms with Crippen molar-refractivity contribution in [1.29, 1.82) is 0 Å². The van der Waals surface area contributed by atoms with E-state index in [1.54, 1.807) is 4.52 Å². The molecule has 6 nitrogen and oxygen atoms in total. The smallest absolute Gasteiger partial charge is 0.243 e. The molecule has 0 amide bonds. The molecule has 0 spiro atoms. The van der Waals surface area contributed by atoms with Gasteiger partial charge in [-0.25, -0.2) is 4.52 Å². The highest BCUT2D eigenvalue weighted by Gasteiger charge is 2.03. The lowest BCUT2D eigenvalue weighted by Gasteiger charge is -2.01. The van der Waals surface area contributed by atoms with Gasteiger partial charge in [0.05, 0.1) is 6.20 Å². The maximum absolute atomic E-state index is 4.43. The van der Waals surface area contributed by atoms with Gasteiger partial charge in [0.25, 0.3) is 0 Å². The topological polar surface area (TPSA) is 70.9 Å². The summed E-state index contributed by atoms with van der Waals surface area (Å²) < 4.78 is 1.80. The van der Waals surface area contributed by atoms with Gasteiger partial charge in [0.1, 0.15) is 0 Å². The molecule has 3 aromatic rings. The number of nitrogens with zero attached hydrogens (tertiary/aromatic N) is 4. The first kappa shape index (κ1) is 12.7. The van der Waals surface area contributed by atoms with E-state index in [9.17, 15) is 0 Å². The second-order valence-electron chi connectivity index (χ2n) is 5.00. The minimum absolute atomic E-state index is 0.680. The minimum Gasteiger partial charge on any atom is -0.353 e. The molecule has 0 saturated carbocycles. The van der Waals surface area contributed by atoms with Crippen LogP contribution < -0.4 is 5.32 Å². The van der Waals surface area contributed by atoms with Crippen LogP contribution >= 0.6 is 0 Å². The number of hydrogen-bond acceptors (Lipinski definition) is 4. The second kappa shape index (κ2) is 5.32. The molecule has 3 aromatic heterocycles. The van der Waals surface area contributed by atoms with E-state index in [4.69, 9.17) is 0 Å². The Hall–Kier alpha value is -2.37. The van der Waals surface area contributed by atoms with Gasteiger partial charge in [0.15, 0.2) is 5.65 Å². The fraction of sp³-hybridized carbons (Fsp3) is 0.357. The number of aryl methyl sites for hydroxylation is 3. The van der Waals surface area contributed by atoms with Crippen molar-refractivity contribution in [3.05, 3.63) is 41.3 Å². The summed E-state index contributed by atoms with van der Waals surface area (Å²) in [4.78, 5) is 4.43. The third-order valence-corrected chi connectivity index (χ3v) is 3.32. The third-order valence-electron chi connectivity index (χ3n) is 3.32. The summed E-state index contributed by atoms with van der Waals surface area (Å²) in [6.45, 7) is 4.93. The average molecular weight is 270 g/mol. The lowest BCUT2D eigenvalue weighted by molar-refractivity contribution is 0.844. The number of anilines is 1. The molecule has 0 aliphatic carbocycles. The van der Waals surface area contributed by atoms with Crippen LogP contribution in [0.5, 0.6) is 0 Å². The van der Waals surface area contributed by atoms with Gasteiger partial charge >= 0.3 is 0 Å². The van der Waals surface area contributed by atoms with Gasteiger partial charge in [0, 0.05) is 18.4 Å². The maximum atomic E-state index is 4.43. The first-order valence-corrected chi connectivity index (χ1v) is 6.78. The predicted molar refractivity (Wildman–Crippen MR) is 77.9 cm³/mol. The first-order valence-electron chi connectivity index (χ1n) is 6.78. The van der Waals surface area contributed by atoms with Crippen molar-refractivity contribution >= 4 is 11.6 Å². The van der Waals surface area contributed by atoms with E-state index in [1.807, 2.05) is 38.4 Å². The van der Waals surface area contributed by atoms with E-state index in [-0.39, 0.29) is 0 Å². The largest absolute Gasteiger partial charge is 0.353 e. The van der Waals surface area contributed by atoms with E-state index < -0.39 is 0 Å². The Kier molecular flexibility index (Phi) is 3.37. The number of fused-ring (bicyclic) bond motifs is 1. The number of aromatic nitrogens is 5. The lowest BCUT2D eigenvalue weighted by atomic mass is 10.1. The molecule has 0 radical (unpaired) electrons. The van der Waals surface area contributed by atoms with Gasteiger partial charge in [-0.3, -0.25) is 5.10 Å². The molecule has 3 heterocycles. The molecule has 0 atom stereocenters. The van der Waals surface area contributed by atoms with Crippen LogP contribution in [-0.2, 0) is 6.42 Å². The fourth-order valence-electron chi connectivity index (χ4n) is 2.17. The first-order chi connectivity index (χ1) is 9.72. The number of rotatable bonds is 5. The van der Waals surface area contributed by atoms with Gasteiger partial charge in [0.2, 0.25) is 5.95 Å². The quantitative estimate of drug-likeness (QED) is 0.697. The third kappa shape index (κ3) is 2.64. The van der Waals surface area contributed by atoms with Gasteiger partial charge in [-0.1, -0.05) is 6.07 Å². The van der Waals surface area contributed by atoms with Crippen LogP contribution in [0.4, 0.5) is 5.95 Å². The monoisotopic (exact) mass is 270 g/mol. The summed E-state index contributed by atoms with van der Waals surface area (Å²) in [6.07, 6.45) is 5.89. The Balaban J connectivity index is 1.56. The highest BCUT2D eigenvalue weighted by Crippen LogP contribution is 2.08. The predicted octanol–water partition coefficient (Wildman–Crippen LogP) is 2.11. The van der Waals surface area contributed by atoms with Crippen LogP contribution in [-0.4, -0.2) is 31.3 Å². The number of nitrogens with one attached hydrogen (secondary N) is 2. The molecule has 0 unspecified atom stereocenters. The Morgan fingerprint density at radius 3 is 3.00 bits per heavy atom. The molecule has 0 saturated heterocycles. The zero-order valence-corrected chi connectivity index (χ0v) is 11.7. The molecule has 3 rings (SSSR count). The van der Waals surface area contributed by atoms with Crippen LogP contribution in [0.3, 0.4) is 0 Å². The van der Waals surface area contributed by atoms with Crippen molar-refractivity contribution in [3.63, 3.8) is 0 Å². The van der Waals surface area contributed by atoms with Crippen LogP contribution in [0.15, 0.2) is 24.5 Å². The van der Waals surface area contributed by atoms with Gasteiger partial charge in [-0.15, -0.1) is 5.10 Å². The molecule has 104 valence electrons. The highest BCUT2D eigenvalue weighted by molar-refractivity contribution is 5.44. The minimum atomic E-state index is 0.680. The molecule has 20 heavy (non-hydrogen) atoms. The SMILES string of the molecule is Cc1ccc2nc(NCCCc3cn[nH]c3C)nn2c1. The summed E-state index contributed by atoms with van der Waals surface area (Å²) >= 11 is 0. The van der Waals surface area contributed by atoms with E-state index in [2.05, 4.69) is 25.6 Å². The van der Waals surface area contributed by atoms with Crippen LogP contribution in [0, 0.1) is 13.8 Å². The molecule has 0 aromatic carbocycles. The summed E-state index contributed by atoms with van der Waals surface area (Å²) in [5.74, 6) is 0.680. The summed E-state index contributed by atoms with van der Waals surface area (Å²) in [5, 5.41) is 14.6. The molecule has 6 heteroatoms. The van der Waals surface area contributed by atoms with Gasteiger partial charge < -0.3 is 5.32 Å². The number of aromatic amines is 1. The molecule has 0 fully saturated rings. The second-order valence-corrected chi connectivity index (χ2v) is 5.00. The van der Waals surface area contributed by atoms with Crippen LogP contribution in [0.2, 0.25) is 0 Å². The summed E-state index contributed by atoms with van der Waals surface area (Å²) in [7, 11) is 0. The standard InChI is InChI=1S/C14H18N6/c1-10-5-6-13-17-14(19-20(13)9-10)15-7-3-4-12-8-16-18-11(12)2/h5-6,8-9H,3-4,7H2,1-2H3,(H,15,19)(H,16,18). The maximum Gasteiger partial charge on any atom is 0.243 e. The zero-order chi connectivity index (χ0) is 13.9. The van der Waals surface area contributed by atoms with E-state index >= 15 is 0 Å². The van der Waals surface area contributed by atoms with Crippen LogP contribution in [0.25, 0.3) is 5.65 Å². The van der Waals surface area contributed by atoms with Crippen molar-refractivity contribution in [2.45, 2.75) is 26.7 Å². The number of hydrogen-bond donors (Lipinski definition) is 2. The fourth-order valence-corrected chi connectivity index (χ4v) is 2.17. The van der Waals surface area contributed by atoms with Gasteiger partial charge in [-0.05, 0) is 43.9 Å². The molecule has 0 aliphatic rings. The Morgan fingerprint density at radius 2 is 2.20 bits per heavy atom. The van der Waals surface area contributed by atoms with E-state index in [1.165, 1.54) is 11.1 Å². The average Bonchev–Trinajstić information content (AvgIpc) is 3.00.